The zero-order valence-electron chi connectivity index (χ0n) is 14.5. The molecule has 2 aromatic rings. The fraction of sp³-hybridized carbons (Fsp3) is 0.294. The molecule has 0 atom stereocenters. The van der Waals surface area contributed by atoms with E-state index in [0.717, 1.165) is 5.56 Å². The molecular weight excluding hydrogens is 376 g/mol. The van der Waals surface area contributed by atoms with Crippen LogP contribution in [0.3, 0.4) is 0 Å². The summed E-state index contributed by atoms with van der Waals surface area (Å²) in [5.74, 6) is 0.605. The first-order chi connectivity index (χ1) is 12.1. The van der Waals surface area contributed by atoms with E-state index < -0.39 is 20.0 Å². The van der Waals surface area contributed by atoms with Crippen LogP contribution in [0.2, 0.25) is 0 Å². The Bertz CT molecular complexity index is 936. The third-order valence-electron chi connectivity index (χ3n) is 3.46. The third kappa shape index (κ3) is 5.80. The van der Waals surface area contributed by atoms with Gasteiger partial charge in [0.25, 0.3) is 0 Å². The predicted molar refractivity (Wildman–Crippen MR) is 98.9 cm³/mol. The van der Waals surface area contributed by atoms with E-state index in [1.807, 2.05) is 13.8 Å². The van der Waals surface area contributed by atoms with E-state index >= 15 is 0 Å². The van der Waals surface area contributed by atoms with Crippen LogP contribution in [-0.2, 0) is 26.5 Å². The van der Waals surface area contributed by atoms with Crippen LogP contribution in [0.15, 0.2) is 58.3 Å². The average molecular weight is 399 g/mol. The van der Waals surface area contributed by atoms with Crippen molar-refractivity contribution in [1.29, 1.82) is 0 Å². The van der Waals surface area contributed by atoms with Crippen molar-refractivity contribution in [2.75, 3.05) is 6.54 Å². The number of sulfonamides is 2. The van der Waals surface area contributed by atoms with Gasteiger partial charge in [0.1, 0.15) is 5.75 Å². The highest BCUT2D eigenvalue weighted by atomic mass is 32.2. The first-order valence-electron chi connectivity index (χ1n) is 7.96. The maximum absolute atomic E-state index is 12.3. The second kappa shape index (κ2) is 8.17. The Labute approximate surface area is 154 Å². The highest BCUT2D eigenvalue weighted by Gasteiger charge is 2.14. The van der Waals surface area contributed by atoms with Gasteiger partial charge in [0, 0.05) is 6.54 Å². The van der Waals surface area contributed by atoms with Crippen LogP contribution >= 0.6 is 0 Å². The average Bonchev–Trinajstić information content (AvgIpc) is 2.54. The van der Waals surface area contributed by atoms with Gasteiger partial charge in [0.05, 0.1) is 15.9 Å². The molecule has 0 spiro atoms. The van der Waals surface area contributed by atoms with Gasteiger partial charge in [-0.25, -0.2) is 26.7 Å². The summed E-state index contributed by atoms with van der Waals surface area (Å²) in [4.78, 5) is 0.170. The van der Waals surface area contributed by atoms with Crippen LogP contribution in [0, 0.1) is 0 Å². The molecular formula is C17H22N2O5S2. The van der Waals surface area contributed by atoms with E-state index in [1.54, 1.807) is 24.3 Å². The second-order valence-electron chi connectivity index (χ2n) is 5.97. The lowest BCUT2D eigenvalue weighted by atomic mass is 10.2. The Morgan fingerprint density at radius 2 is 1.46 bits per heavy atom. The fourth-order valence-corrected chi connectivity index (χ4v) is 3.78. The van der Waals surface area contributed by atoms with Crippen molar-refractivity contribution < 1.29 is 21.6 Å². The molecule has 2 rings (SSSR count). The highest BCUT2D eigenvalue weighted by Crippen LogP contribution is 2.17. The van der Waals surface area contributed by atoms with Crippen LogP contribution in [0.25, 0.3) is 0 Å². The lowest BCUT2D eigenvalue weighted by Crippen LogP contribution is -2.26. The normalized spacial score (nSPS) is 12.3. The molecule has 0 aliphatic rings. The van der Waals surface area contributed by atoms with E-state index in [-0.39, 0.29) is 22.4 Å². The molecule has 0 unspecified atom stereocenters. The monoisotopic (exact) mass is 398 g/mol. The van der Waals surface area contributed by atoms with Gasteiger partial charge in [-0.05, 0) is 62.2 Å². The number of nitrogens with two attached hydrogens (primary N) is 1. The zero-order chi connectivity index (χ0) is 19.4. The lowest BCUT2D eigenvalue weighted by Gasteiger charge is -2.11. The molecule has 0 aliphatic heterocycles. The third-order valence-corrected chi connectivity index (χ3v) is 5.87. The van der Waals surface area contributed by atoms with Crippen LogP contribution in [-0.4, -0.2) is 29.5 Å². The van der Waals surface area contributed by atoms with Gasteiger partial charge in [-0.1, -0.05) is 12.1 Å². The SMILES string of the molecule is CC(C)Oc1ccc(S(=O)(=O)NCCc2ccc(S(N)(=O)=O)cc2)cc1. The highest BCUT2D eigenvalue weighted by molar-refractivity contribution is 7.89. The van der Waals surface area contributed by atoms with Crippen molar-refractivity contribution >= 4 is 20.0 Å². The number of benzene rings is 2. The molecule has 0 radical (unpaired) electrons. The van der Waals surface area contributed by atoms with Gasteiger partial charge in [-0.3, -0.25) is 0 Å². The summed E-state index contributed by atoms with van der Waals surface area (Å²) in [6, 6.07) is 12.2. The predicted octanol–water partition coefficient (Wildman–Crippen LogP) is 1.64. The summed E-state index contributed by atoms with van der Waals surface area (Å²) in [6.45, 7) is 3.96. The summed E-state index contributed by atoms with van der Waals surface area (Å²) in [6.07, 6.45) is 0.426. The number of hydrogen-bond acceptors (Lipinski definition) is 5. The van der Waals surface area contributed by atoms with Gasteiger partial charge in [0.2, 0.25) is 20.0 Å². The van der Waals surface area contributed by atoms with Gasteiger partial charge in [-0.2, -0.15) is 0 Å². The number of ether oxygens (including phenoxy) is 1. The molecule has 0 saturated heterocycles. The van der Waals surface area contributed by atoms with Crippen LogP contribution in [0.1, 0.15) is 19.4 Å². The topological polar surface area (TPSA) is 116 Å². The molecule has 142 valence electrons. The van der Waals surface area contributed by atoms with E-state index in [4.69, 9.17) is 9.88 Å². The van der Waals surface area contributed by atoms with Gasteiger partial charge in [-0.15, -0.1) is 0 Å². The molecule has 2 aromatic carbocycles. The van der Waals surface area contributed by atoms with Gasteiger partial charge in [0.15, 0.2) is 0 Å². The van der Waals surface area contributed by atoms with E-state index in [2.05, 4.69) is 4.72 Å². The summed E-state index contributed by atoms with van der Waals surface area (Å²) in [7, 11) is -7.36. The Morgan fingerprint density at radius 1 is 0.923 bits per heavy atom. The second-order valence-corrected chi connectivity index (χ2v) is 9.30. The maximum Gasteiger partial charge on any atom is 0.240 e. The number of primary sulfonamides is 1. The van der Waals surface area contributed by atoms with Crippen LogP contribution < -0.4 is 14.6 Å². The number of hydrogen-bond donors (Lipinski definition) is 2. The lowest BCUT2D eigenvalue weighted by molar-refractivity contribution is 0.242. The molecule has 9 heteroatoms. The van der Waals surface area contributed by atoms with Crippen molar-refractivity contribution in [3.8, 4) is 5.75 Å². The Morgan fingerprint density at radius 3 is 1.96 bits per heavy atom. The Balaban J connectivity index is 1.95. The molecule has 0 aliphatic carbocycles. The molecule has 0 amide bonds. The summed E-state index contributed by atoms with van der Waals surface area (Å²) in [5, 5.41) is 5.04. The molecule has 0 fully saturated rings. The van der Waals surface area contributed by atoms with Gasteiger partial charge >= 0.3 is 0 Å². The van der Waals surface area contributed by atoms with Crippen molar-refractivity contribution in [3.63, 3.8) is 0 Å². The first-order valence-corrected chi connectivity index (χ1v) is 11.0. The Hall–Kier alpha value is -1.94. The molecule has 0 aromatic heterocycles. The number of rotatable bonds is 8. The summed E-state index contributed by atoms with van der Waals surface area (Å²) >= 11 is 0. The molecule has 0 saturated carbocycles. The molecule has 3 N–H and O–H groups in total. The molecule has 0 heterocycles. The minimum Gasteiger partial charge on any atom is -0.491 e. The molecule has 26 heavy (non-hydrogen) atoms. The van der Waals surface area contributed by atoms with Crippen LogP contribution in [0.5, 0.6) is 5.75 Å². The van der Waals surface area contributed by atoms with Crippen molar-refractivity contribution in [3.05, 3.63) is 54.1 Å². The quantitative estimate of drug-likeness (QED) is 0.701. The fourth-order valence-electron chi connectivity index (χ4n) is 2.23. The van der Waals surface area contributed by atoms with E-state index in [0.29, 0.717) is 12.2 Å². The first kappa shape index (κ1) is 20.4. The smallest absolute Gasteiger partial charge is 0.240 e. The zero-order valence-corrected chi connectivity index (χ0v) is 16.2. The summed E-state index contributed by atoms with van der Waals surface area (Å²) in [5.41, 5.74) is 0.792. The van der Waals surface area contributed by atoms with E-state index in [1.165, 1.54) is 24.3 Å². The van der Waals surface area contributed by atoms with Crippen molar-refractivity contribution in [2.24, 2.45) is 5.14 Å². The molecule has 0 bridgehead atoms. The van der Waals surface area contributed by atoms with Crippen molar-refractivity contribution in [2.45, 2.75) is 36.2 Å². The van der Waals surface area contributed by atoms with E-state index in [9.17, 15) is 16.8 Å². The largest absolute Gasteiger partial charge is 0.491 e. The standard InChI is InChI=1S/C17H22N2O5S2/c1-13(2)24-15-5-9-17(10-6-15)26(22,23)19-12-11-14-3-7-16(8-4-14)25(18,20)21/h3-10,13,19H,11-12H2,1-2H3,(H2,18,20,21). The Kier molecular flexibility index (Phi) is 6.40. The number of nitrogens with one attached hydrogen (secondary N) is 1. The van der Waals surface area contributed by atoms with Crippen LogP contribution in [0.4, 0.5) is 0 Å². The van der Waals surface area contributed by atoms with Gasteiger partial charge < -0.3 is 4.74 Å². The maximum atomic E-state index is 12.3. The minimum absolute atomic E-state index is 0.0104. The summed E-state index contributed by atoms with van der Waals surface area (Å²) < 4.78 is 55.0. The molecule has 7 nitrogen and oxygen atoms in total. The minimum atomic E-state index is -3.73. The van der Waals surface area contributed by atoms with Crippen molar-refractivity contribution in [1.82, 2.24) is 4.72 Å².